The third-order valence-electron chi connectivity index (χ3n) is 3.06. The van der Waals surface area contributed by atoms with Crippen LogP contribution in [0, 0.1) is 0 Å². The third kappa shape index (κ3) is 5.07. The first-order valence-electron chi connectivity index (χ1n) is 7.32. The first-order chi connectivity index (χ1) is 11.6. The van der Waals surface area contributed by atoms with Gasteiger partial charge in [0.15, 0.2) is 0 Å². The van der Waals surface area contributed by atoms with Gasteiger partial charge in [-0.3, -0.25) is 9.59 Å². The Morgan fingerprint density at radius 1 is 1.21 bits per heavy atom. The fraction of sp³-hybridized carbons (Fsp3) is 0.176. The molecule has 2 aromatic rings. The van der Waals surface area contributed by atoms with Gasteiger partial charge in [-0.25, -0.2) is 0 Å². The summed E-state index contributed by atoms with van der Waals surface area (Å²) in [6.07, 6.45) is 3.35. The van der Waals surface area contributed by atoms with Gasteiger partial charge in [0.1, 0.15) is 11.5 Å². The molecule has 0 aliphatic heterocycles. The van der Waals surface area contributed by atoms with E-state index in [0.29, 0.717) is 28.8 Å². The van der Waals surface area contributed by atoms with E-state index >= 15 is 0 Å². The molecule has 2 amide bonds. The summed E-state index contributed by atoms with van der Waals surface area (Å²) in [6.45, 7) is 0.274. The topological polar surface area (TPSA) is 91.6 Å². The maximum Gasteiger partial charge on any atom is 0.267 e. The molecule has 2 rings (SSSR count). The highest BCUT2D eigenvalue weighted by molar-refractivity contribution is 9.10. The Morgan fingerprint density at radius 3 is 2.67 bits per heavy atom. The minimum atomic E-state index is -0.458. The number of hydrogen-bond donors (Lipinski definition) is 3. The average molecular weight is 393 g/mol. The normalized spacial score (nSPS) is 11.2. The van der Waals surface area contributed by atoms with E-state index in [1.165, 1.54) is 12.3 Å². The van der Waals surface area contributed by atoms with E-state index in [0.717, 1.165) is 0 Å². The van der Waals surface area contributed by atoms with E-state index in [1.807, 2.05) is 0 Å². The van der Waals surface area contributed by atoms with Crippen LogP contribution in [0.15, 0.2) is 57.2 Å². The monoisotopic (exact) mass is 392 g/mol. The van der Waals surface area contributed by atoms with E-state index in [-0.39, 0.29) is 12.3 Å². The molecule has 1 aromatic carbocycles. The smallest absolute Gasteiger partial charge is 0.267 e. The van der Waals surface area contributed by atoms with E-state index in [2.05, 4.69) is 26.6 Å². The van der Waals surface area contributed by atoms with Crippen LogP contribution in [0.25, 0.3) is 6.08 Å². The molecule has 6 nitrogen and oxygen atoms in total. The van der Waals surface area contributed by atoms with Crippen LogP contribution < -0.4 is 10.6 Å². The fourth-order valence-electron chi connectivity index (χ4n) is 1.89. The molecule has 0 atom stereocenters. The molecule has 0 spiro atoms. The summed E-state index contributed by atoms with van der Waals surface area (Å²) in [5.74, 6) is -0.437. The molecule has 0 aliphatic rings. The zero-order valence-corrected chi connectivity index (χ0v) is 14.4. The molecule has 0 saturated heterocycles. The Hall–Kier alpha value is -2.38. The number of carbonyl (C=O) groups excluding carboxylic acids is 2. The minimum absolute atomic E-state index is 0.0270. The summed E-state index contributed by atoms with van der Waals surface area (Å²) >= 11 is 3.31. The van der Waals surface area contributed by atoms with Gasteiger partial charge in [-0.05, 0) is 46.6 Å². The van der Waals surface area contributed by atoms with Crippen molar-refractivity contribution in [2.75, 3.05) is 13.2 Å². The highest BCUT2D eigenvalue weighted by Gasteiger charge is 2.16. The number of aliphatic hydroxyl groups excluding tert-OH is 1. The Balaban J connectivity index is 2.18. The Bertz CT molecular complexity index is 726. The molecule has 7 heteroatoms. The Kier molecular flexibility index (Phi) is 6.77. The van der Waals surface area contributed by atoms with Crippen LogP contribution in [0.5, 0.6) is 0 Å². The number of hydrogen-bond acceptors (Lipinski definition) is 4. The van der Waals surface area contributed by atoms with Crippen molar-refractivity contribution in [2.45, 2.75) is 6.42 Å². The van der Waals surface area contributed by atoms with Gasteiger partial charge in [-0.2, -0.15) is 0 Å². The highest BCUT2D eigenvalue weighted by Crippen LogP contribution is 2.16. The van der Waals surface area contributed by atoms with Gasteiger partial charge in [0.2, 0.25) is 0 Å². The minimum Gasteiger partial charge on any atom is -0.465 e. The maximum atomic E-state index is 12.4. The second-order valence-electron chi connectivity index (χ2n) is 4.84. The van der Waals surface area contributed by atoms with E-state index in [4.69, 9.17) is 9.52 Å². The first-order valence-corrected chi connectivity index (χ1v) is 8.11. The van der Waals surface area contributed by atoms with Crippen LogP contribution in [-0.4, -0.2) is 30.1 Å². The third-order valence-corrected chi connectivity index (χ3v) is 3.75. The van der Waals surface area contributed by atoms with Crippen molar-refractivity contribution in [3.8, 4) is 0 Å². The molecule has 0 radical (unpaired) electrons. The molecule has 3 N–H and O–H groups in total. The largest absolute Gasteiger partial charge is 0.465 e. The van der Waals surface area contributed by atoms with Crippen molar-refractivity contribution in [3.05, 3.63) is 64.2 Å². The molecule has 0 bridgehead atoms. The molecule has 126 valence electrons. The number of rotatable bonds is 7. The van der Waals surface area contributed by atoms with E-state index in [9.17, 15) is 9.59 Å². The van der Waals surface area contributed by atoms with Crippen molar-refractivity contribution in [1.29, 1.82) is 0 Å². The zero-order valence-electron chi connectivity index (χ0n) is 12.8. The summed E-state index contributed by atoms with van der Waals surface area (Å²) in [6, 6.07) is 10.3. The lowest BCUT2D eigenvalue weighted by molar-refractivity contribution is -0.117. The van der Waals surface area contributed by atoms with Gasteiger partial charge in [0.05, 0.1) is 11.8 Å². The number of halogens is 1. The van der Waals surface area contributed by atoms with Crippen LogP contribution in [0.2, 0.25) is 0 Å². The number of furan rings is 1. The van der Waals surface area contributed by atoms with Crippen molar-refractivity contribution in [2.24, 2.45) is 0 Å². The van der Waals surface area contributed by atoms with Crippen LogP contribution in [-0.2, 0) is 4.79 Å². The highest BCUT2D eigenvalue weighted by atomic mass is 79.9. The quantitative estimate of drug-likeness (QED) is 0.497. The van der Waals surface area contributed by atoms with Crippen molar-refractivity contribution >= 4 is 33.8 Å². The second kappa shape index (κ2) is 9.05. The lowest BCUT2D eigenvalue weighted by Gasteiger charge is -2.11. The summed E-state index contributed by atoms with van der Waals surface area (Å²) in [5.41, 5.74) is 0.467. The van der Waals surface area contributed by atoms with Crippen molar-refractivity contribution in [3.63, 3.8) is 0 Å². The molecular formula is C17H17BrN2O4. The summed E-state index contributed by atoms with van der Waals surface area (Å²) in [5, 5.41) is 14.0. The molecule has 24 heavy (non-hydrogen) atoms. The van der Waals surface area contributed by atoms with Gasteiger partial charge in [-0.1, -0.05) is 12.1 Å². The number of amides is 2. The molecule has 0 saturated carbocycles. The first kappa shape index (κ1) is 18.0. The van der Waals surface area contributed by atoms with Crippen molar-refractivity contribution < 1.29 is 19.1 Å². The molecule has 0 unspecified atom stereocenters. The number of carbonyl (C=O) groups is 2. The van der Waals surface area contributed by atoms with Gasteiger partial charge in [0.25, 0.3) is 11.8 Å². The predicted octanol–water partition coefficient (Wildman–Crippen LogP) is 2.31. The van der Waals surface area contributed by atoms with Crippen LogP contribution >= 0.6 is 15.9 Å². The van der Waals surface area contributed by atoms with Gasteiger partial charge >= 0.3 is 0 Å². The van der Waals surface area contributed by atoms with E-state index in [1.54, 1.807) is 36.4 Å². The Morgan fingerprint density at radius 2 is 2.00 bits per heavy atom. The van der Waals surface area contributed by atoms with Crippen LogP contribution in [0.1, 0.15) is 22.5 Å². The zero-order chi connectivity index (χ0) is 17.4. The molecule has 1 heterocycles. The lowest BCUT2D eigenvalue weighted by atomic mass is 10.2. The summed E-state index contributed by atoms with van der Waals surface area (Å²) in [7, 11) is 0. The SMILES string of the molecule is O=C(NCCCO)C(=Cc1ccco1)NC(=O)c1ccccc1Br. The second-order valence-corrected chi connectivity index (χ2v) is 5.69. The fourth-order valence-corrected chi connectivity index (χ4v) is 2.35. The van der Waals surface area contributed by atoms with E-state index < -0.39 is 11.8 Å². The van der Waals surface area contributed by atoms with Crippen LogP contribution in [0.3, 0.4) is 0 Å². The lowest BCUT2D eigenvalue weighted by Crippen LogP contribution is -2.35. The molecule has 0 fully saturated rings. The predicted molar refractivity (Wildman–Crippen MR) is 93.0 cm³/mol. The molecular weight excluding hydrogens is 376 g/mol. The molecule has 0 aliphatic carbocycles. The van der Waals surface area contributed by atoms with Gasteiger partial charge in [-0.15, -0.1) is 0 Å². The number of aliphatic hydroxyl groups is 1. The summed E-state index contributed by atoms with van der Waals surface area (Å²) in [4.78, 5) is 24.7. The summed E-state index contributed by atoms with van der Waals surface area (Å²) < 4.78 is 5.82. The number of benzene rings is 1. The van der Waals surface area contributed by atoms with Crippen molar-refractivity contribution in [1.82, 2.24) is 10.6 Å². The molecule has 1 aromatic heterocycles. The average Bonchev–Trinajstić information content (AvgIpc) is 3.07. The van der Waals surface area contributed by atoms with Gasteiger partial charge < -0.3 is 20.2 Å². The van der Waals surface area contributed by atoms with Gasteiger partial charge in [0, 0.05) is 23.7 Å². The maximum absolute atomic E-state index is 12.4. The van der Waals surface area contributed by atoms with Crippen LogP contribution in [0.4, 0.5) is 0 Å². The standard InChI is InChI=1S/C17H17BrN2O4/c18-14-7-2-1-6-13(14)16(22)20-15(11-12-5-3-10-24-12)17(23)19-8-4-9-21/h1-3,5-7,10-11,21H,4,8-9H2,(H,19,23)(H,20,22). The Labute approximate surface area is 147 Å². The number of nitrogens with one attached hydrogen (secondary N) is 2.